The third-order valence-corrected chi connectivity index (χ3v) is 4.46. The number of likely N-dealkylation sites (tertiary alicyclic amines) is 1. The fraction of sp³-hybridized carbons (Fsp3) is 0.611. The normalized spacial score (nSPS) is 17.3. The molecule has 0 atom stereocenters. The smallest absolute Gasteiger partial charge is 0.316 e. The minimum absolute atomic E-state index is 0. The Morgan fingerprint density at radius 3 is 2.35 bits per heavy atom. The summed E-state index contributed by atoms with van der Waals surface area (Å²) in [4.78, 5) is 15.0. The van der Waals surface area contributed by atoms with E-state index in [9.17, 15) is 4.79 Å². The van der Waals surface area contributed by atoms with Crippen molar-refractivity contribution < 1.29 is 14.3 Å². The van der Waals surface area contributed by atoms with Gasteiger partial charge in [0.1, 0.15) is 0 Å². The largest absolute Gasteiger partial charge is 0.465 e. The zero-order valence-corrected chi connectivity index (χ0v) is 14.9. The van der Waals surface area contributed by atoms with Crippen molar-refractivity contribution in [2.45, 2.75) is 32.1 Å². The van der Waals surface area contributed by atoms with Crippen LogP contribution in [0.25, 0.3) is 0 Å². The van der Waals surface area contributed by atoms with Crippen LogP contribution in [0, 0.1) is 0 Å². The number of hydrogen-bond acceptors (Lipinski definition) is 4. The highest BCUT2D eigenvalue weighted by atomic mass is 35.5. The first kappa shape index (κ1) is 19.9. The van der Waals surface area contributed by atoms with Gasteiger partial charge in [0.15, 0.2) is 0 Å². The average Bonchev–Trinajstić information content (AvgIpc) is 2.57. The predicted octanol–water partition coefficient (Wildman–Crippen LogP) is 3.04. The van der Waals surface area contributed by atoms with Gasteiger partial charge in [-0.25, -0.2) is 0 Å². The van der Waals surface area contributed by atoms with Crippen LogP contribution < -0.4 is 0 Å². The van der Waals surface area contributed by atoms with Crippen molar-refractivity contribution in [1.29, 1.82) is 0 Å². The number of carbonyl (C=O) groups excluding carboxylic acids is 1. The first-order chi connectivity index (χ1) is 10.7. The molecule has 1 aliphatic rings. The van der Waals surface area contributed by atoms with Crippen LogP contribution in [-0.2, 0) is 19.7 Å². The molecule has 1 aliphatic heterocycles. The van der Waals surface area contributed by atoms with Gasteiger partial charge in [0.25, 0.3) is 0 Å². The first-order valence-electron chi connectivity index (χ1n) is 8.25. The Hall–Kier alpha value is -1.10. The SMILES string of the molecule is CCOCCN1CCC(C(=O)OCC)(c2ccccc2)CC1.Cl. The quantitative estimate of drug-likeness (QED) is 0.564. The van der Waals surface area contributed by atoms with E-state index in [1.54, 1.807) is 0 Å². The second-order valence-corrected chi connectivity index (χ2v) is 5.71. The molecule has 0 radical (unpaired) electrons. The zero-order valence-electron chi connectivity index (χ0n) is 14.1. The summed E-state index contributed by atoms with van der Waals surface area (Å²) in [5, 5.41) is 0. The zero-order chi connectivity index (χ0) is 15.8. The molecule has 23 heavy (non-hydrogen) atoms. The van der Waals surface area contributed by atoms with E-state index in [1.165, 1.54) is 0 Å². The van der Waals surface area contributed by atoms with Gasteiger partial charge in [-0.2, -0.15) is 0 Å². The molecule has 0 saturated carbocycles. The van der Waals surface area contributed by atoms with Crippen LogP contribution in [0.1, 0.15) is 32.3 Å². The Balaban J connectivity index is 0.00000264. The molecule has 130 valence electrons. The lowest BCUT2D eigenvalue weighted by molar-refractivity contribution is -0.152. The van der Waals surface area contributed by atoms with E-state index in [1.807, 2.05) is 44.2 Å². The Kier molecular flexibility index (Phi) is 8.59. The summed E-state index contributed by atoms with van der Waals surface area (Å²) >= 11 is 0. The Bertz CT molecular complexity index is 459. The highest BCUT2D eigenvalue weighted by Gasteiger charge is 2.43. The lowest BCUT2D eigenvalue weighted by Gasteiger charge is -2.40. The molecule has 0 unspecified atom stereocenters. The molecular weight excluding hydrogens is 314 g/mol. The summed E-state index contributed by atoms with van der Waals surface area (Å²) in [6, 6.07) is 10.1. The highest BCUT2D eigenvalue weighted by molar-refractivity contribution is 5.85. The molecule has 1 aromatic carbocycles. The van der Waals surface area contributed by atoms with Crippen molar-refractivity contribution in [3.8, 4) is 0 Å². The molecule has 0 aliphatic carbocycles. The number of rotatable bonds is 7. The van der Waals surface area contributed by atoms with Gasteiger partial charge in [0.2, 0.25) is 0 Å². The van der Waals surface area contributed by atoms with Crippen molar-refractivity contribution in [2.24, 2.45) is 0 Å². The summed E-state index contributed by atoms with van der Waals surface area (Å²) < 4.78 is 10.8. The van der Waals surface area contributed by atoms with E-state index in [-0.39, 0.29) is 18.4 Å². The van der Waals surface area contributed by atoms with Crippen LogP contribution in [0.2, 0.25) is 0 Å². The third kappa shape index (κ3) is 4.93. The molecule has 4 nitrogen and oxygen atoms in total. The van der Waals surface area contributed by atoms with Crippen molar-refractivity contribution in [1.82, 2.24) is 4.90 Å². The summed E-state index contributed by atoms with van der Waals surface area (Å²) in [5.41, 5.74) is 0.595. The minimum atomic E-state index is -0.487. The summed E-state index contributed by atoms with van der Waals surface area (Å²) in [5.74, 6) is -0.0781. The van der Waals surface area contributed by atoms with Crippen molar-refractivity contribution in [3.63, 3.8) is 0 Å². The second kappa shape index (κ2) is 9.91. The maximum absolute atomic E-state index is 12.6. The van der Waals surface area contributed by atoms with Crippen LogP contribution in [0.5, 0.6) is 0 Å². The van der Waals surface area contributed by atoms with Gasteiger partial charge in [0, 0.05) is 13.2 Å². The van der Waals surface area contributed by atoms with E-state index < -0.39 is 5.41 Å². The molecule has 0 amide bonds. The van der Waals surface area contributed by atoms with Gasteiger partial charge in [-0.3, -0.25) is 4.79 Å². The second-order valence-electron chi connectivity index (χ2n) is 5.71. The van der Waals surface area contributed by atoms with Crippen LogP contribution >= 0.6 is 12.4 Å². The third-order valence-electron chi connectivity index (χ3n) is 4.46. The number of carbonyl (C=O) groups is 1. The molecule has 1 saturated heterocycles. The Morgan fingerprint density at radius 2 is 1.78 bits per heavy atom. The fourth-order valence-electron chi connectivity index (χ4n) is 3.13. The molecule has 0 aromatic heterocycles. The van der Waals surface area contributed by atoms with E-state index in [0.717, 1.165) is 51.3 Å². The molecule has 2 rings (SSSR count). The number of piperidine rings is 1. The van der Waals surface area contributed by atoms with Crippen molar-refractivity contribution in [3.05, 3.63) is 35.9 Å². The fourth-order valence-corrected chi connectivity index (χ4v) is 3.13. The number of ether oxygens (including phenoxy) is 2. The molecule has 1 aromatic rings. The standard InChI is InChI=1S/C18H27NO3.ClH/c1-3-21-15-14-19-12-10-18(11-13-19,17(20)22-4-2)16-8-6-5-7-9-16;/h5-9H,3-4,10-15H2,1-2H3;1H. The number of benzene rings is 1. The van der Waals surface area contributed by atoms with Crippen LogP contribution in [0.15, 0.2) is 30.3 Å². The van der Waals surface area contributed by atoms with Crippen LogP contribution in [-0.4, -0.2) is 50.3 Å². The van der Waals surface area contributed by atoms with E-state index in [2.05, 4.69) is 4.90 Å². The topological polar surface area (TPSA) is 38.8 Å². The number of halogens is 1. The lowest BCUT2D eigenvalue weighted by atomic mass is 9.72. The van der Waals surface area contributed by atoms with E-state index >= 15 is 0 Å². The monoisotopic (exact) mass is 341 g/mol. The van der Waals surface area contributed by atoms with Gasteiger partial charge < -0.3 is 14.4 Å². The molecule has 0 spiro atoms. The van der Waals surface area contributed by atoms with E-state index in [4.69, 9.17) is 9.47 Å². The summed E-state index contributed by atoms with van der Waals surface area (Å²) in [6.07, 6.45) is 1.62. The van der Waals surface area contributed by atoms with Gasteiger partial charge in [-0.15, -0.1) is 12.4 Å². The number of nitrogens with zero attached hydrogens (tertiary/aromatic N) is 1. The molecule has 1 fully saturated rings. The van der Waals surface area contributed by atoms with Crippen molar-refractivity contribution in [2.75, 3.05) is 39.5 Å². The number of esters is 1. The Morgan fingerprint density at radius 1 is 1.13 bits per heavy atom. The first-order valence-corrected chi connectivity index (χ1v) is 8.25. The van der Waals surface area contributed by atoms with Gasteiger partial charge in [-0.05, 0) is 45.3 Å². The van der Waals surface area contributed by atoms with Crippen LogP contribution in [0.4, 0.5) is 0 Å². The van der Waals surface area contributed by atoms with Gasteiger partial charge in [-0.1, -0.05) is 30.3 Å². The molecule has 1 heterocycles. The van der Waals surface area contributed by atoms with Crippen molar-refractivity contribution >= 4 is 18.4 Å². The van der Waals surface area contributed by atoms with E-state index in [0.29, 0.717) is 6.61 Å². The predicted molar refractivity (Wildman–Crippen MR) is 94.2 cm³/mol. The highest BCUT2D eigenvalue weighted by Crippen LogP contribution is 2.36. The van der Waals surface area contributed by atoms with Gasteiger partial charge in [0.05, 0.1) is 18.6 Å². The average molecular weight is 342 g/mol. The molecule has 0 N–H and O–H groups in total. The Labute approximate surface area is 145 Å². The maximum atomic E-state index is 12.6. The minimum Gasteiger partial charge on any atom is -0.465 e. The lowest BCUT2D eigenvalue weighted by Crippen LogP contribution is -2.48. The van der Waals surface area contributed by atoms with Crippen LogP contribution in [0.3, 0.4) is 0 Å². The molecule has 5 heteroatoms. The van der Waals surface area contributed by atoms with Gasteiger partial charge >= 0.3 is 5.97 Å². The number of hydrogen-bond donors (Lipinski definition) is 0. The molecular formula is C18H28ClNO3. The molecule has 0 bridgehead atoms. The maximum Gasteiger partial charge on any atom is 0.316 e. The summed E-state index contributed by atoms with van der Waals surface area (Å²) in [7, 11) is 0. The summed E-state index contributed by atoms with van der Waals surface area (Å²) in [6.45, 7) is 8.56.